The molecular formula is C27H30Cl2N2O4S. The number of benzene rings is 3. The van der Waals surface area contributed by atoms with Gasteiger partial charge < -0.3 is 10.1 Å². The number of anilines is 1. The molecule has 0 bridgehead atoms. The van der Waals surface area contributed by atoms with Crippen molar-refractivity contribution in [2.45, 2.75) is 44.6 Å². The molecule has 3 rings (SSSR count). The van der Waals surface area contributed by atoms with E-state index in [0.29, 0.717) is 10.0 Å². The first-order valence-corrected chi connectivity index (χ1v) is 13.6. The first-order chi connectivity index (χ1) is 16.9. The van der Waals surface area contributed by atoms with Crippen molar-refractivity contribution in [3.8, 4) is 5.75 Å². The number of rotatable bonds is 9. The number of ether oxygens (including phenoxy) is 1. The molecule has 0 aliphatic heterocycles. The van der Waals surface area contributed by atoms with Gasteiger partial charge in [0.2, 0.25) is 5.91 Å². The van der Waals surface area contributed by atoms with E-state index in [4.69, 9.17) is 27.9 Å². The molecule has 0 saturated carbocycles. The molecule has 3 aromatic carbocycles. The average molecular weight is 550 g/mol. The lowest BCUT2D eigenvalue weighted by atomic mass is 9.93. The van der Waals surface area contributed by atoms with Gasteiger partial charge in [0.25, 0.3) is 10.0 Å². The lowest BCUT2D eigenvalue weighted by molar-refractivity contribution is -0.120. The van der Waals surface area contributed by atoms with Crippen molar-refractivity contribution in [3.05, 3.63) is 87.4 Å². The molecule has 0 spiro atoms. The van der Waals surface area contributed by atoms with Crippen LogP contribution in [0, 0.1) is 6.92 Å². The van der Waals surface area contributed by atoms with Crippen molar-refractivity contribution in [2.75, 3.05) is 18.0 Å². The maximum atomic E-state index is 13.5. The Balaban J connectivity index is 1.92. The summed E-state index contributed by atoms with van der Waals surface area (Å²) in [4.78, 5) is 13.2. The molecule has 0 aliphatic rings. The van der Waals surface area contributed by atoms with Gasteiger partial charge in [-0.2, -0.15) is 0 Å². The van der Waals surface area contributed by atoms with E-state index in [1.165, 1.54) is 30.3 Å². The number of sulfonamides is 1. The van der Waals surface area contributed by atoms with Gasteiger partial charge in [-0.05, 0) is 91.1 Å². The lowest BCUT2D eigenvalue weighted by Gasteiger charge is -2.26. The summed E-state index contributed by atoms with van der Waals surface area (Å²) in [7, 11) is -2.44. The van der Waals surface area contributed by atoms with Crippen LogP contribution >= 0.6 is 23.2 Å². The summed E-state index contributed by atoms with van der Waals surface area (Å²) in [5.41, 5.74) is 3.21. The van der Waals surface area contributed by atoms with Crippen LogP contribution in [-0.4, -0.2) is 28.0 Å². The summed E-state index contributed by atoms with van der Waals surface area (Å²) < 4.78 is 33.6. The van der Waals surface area contributed by atoms with E-state index in [1.54, 1.807) is 25.3 Å². The molecule has 1 atom stereocenters. The highest BCUT2D eigenvalue weighted by molar-refractivity contribution is 7.92. The van der Waals surface area contributed by atoms with Crippen LogP contribution in [0.2, 0.25) is 10.0 Å². The number of nitrogens with zero attached hydrogens (tertiary/aromatic N) is 1. The fourth-order valence-electron chi connectivity index (χ4n) is 3.99. The number of hydrogen-bond acceptors (Lipinski definition) is 4. The second-order valence-corrected chi connectivity index (χ2v) is 11.6. The Morgan fingerprint density at radius 2 is 1.64 bits per heavy atom. The van der Waals surface area contributed by atoms with Crippen LogP contribution in [-0.2, 0) is 14.8 Å². The van der Waals surface area contributed by atoms with Crippen LogP contribution in [0.4, 0.5) is 5.69 Å². The van der Waals surface area contributed by atoms with Crippen molar-refractivity contribution >= 4 is 44.8 Å². The zero-order valence-electron chi connectivity index (χ0n) is 20.9. The van der Waals surface area contributed by atoms with Crippen LogP contribution in [0.5, 0.6) is 5.75 Å². The minimum Gasteiger partial charge on any atom is -0.496 e. The number of hydrogen-bond donors (Lipinski definition) is 1. The van der Waals surface area contributed by atoms with Gasteiger partial charge in [-0.1, -0.05) is 43.1 Å². The topological polar surface area (TPSA) is 75.7 Å². The summed E-state index contributed by atoms with van der Waals surface area (Å²) >= 11 is 12.1. The van der Waals surface area contributed by atoms with Crippen LogP contribution in [0.25, 0.3) is 0 Å². The smallest absolute Gasteiger partial charge is 0.264 e. The molecule has 6 nitrogen and oxygen atoms in total. The first kappa shape index (κ1) is 27.8. The highest BCUT2D eigenvalue weighted by atomic mass is 35.5. The number of amides is 1. The molecule has 9 heteroatoms. The number of carbonyl (C=O) groups excluding carboxylic acids is 1. The van der Waals surface area contributed by atoms with Crippen molar-refractivity contribution in [3.63, 3.8) is 0 Å². The molecule has 1 unspecified atom stereocenters. The molecule has 0 aromatic heterocycles. The zero-order chi connectivity index (χ0) is 26.6. The summed E-state index contributed by atoms with van der Waals surface area (Å²) in [6.45, 7) is 7.54. The fraction of sp³-hybridized carbons (Fsp3) is 0.296. The average Bonchev–Trinajstić information content (AvgIpc) is 2.82. The van der Waals surface area contributed by atoms with Crippen molar-refractivity contribution in [1.82, 2.24) is 5.32 Å². The van der Waals surface area contributed by atoms with Gasteiger partial charge in [0, 0.05) is 10.0 Å². The number of halogens is 2. The van der Waals surface area contributed by atoms with E-state index in [1.807, 2.05) is 26.0 Å². The van der Waals surface area contributed by atoms with Gasteiger partial charge in [0.15, 0.2) is 0 Å². The highest BCUT2D eigenvalue weighted by Gasteiger charge is 2.28. The quantitative estimate of drug-likeness (QED) is 0.330. The van der Waals surface area contributed by atoms with E-state index in [0.717, 1.165) is 26.7 Å². The Labute approximate surface area is 223 Å². The third kappa shape index (κ3) is 6.33. The van der Waals surface area contributed by atoms with E-state index in [9.17, 15) is 13.2 Å². The first-order valence-electron chi connectivity index (χ1n) is 11.5. The number of nitrogens with one attached hydrogen (secondary N) is 1. The molecule has 1 amide bonds. The number of carbonyl (C=O) groups is 1. The Hall–Kier alpha value is -2.74. The second kappa shape index (κ2) is 11.5. The van der Waals surface area contributed by atoms with Crippen LogP contribution in [0.15, 0.2) is 65.6 Å². The van der Waals surface area contributed by atoms with Crippen molar-refractivity contribution in [2.24, 2.45) is 0 Å². The van der Waals surface area contributed by atoms with Crippen LogP contribution in [0.1, 0.15) is 49.4 Å². The summed E-state index contributed by atoms with van der Waals surface area (Å²) in [5.74, 6) is 0.567. The Kier molecular flexibility index (Phi) is 8.93. The SMILES string of the molecule is COc1cc(C)c(C(C)NC(=O)CN(c2cccc(Cl)c2)S(=O)(=O)c2ccc(Cl)cc2)cc1C(C)C. The predicted octanol–water partition coefficient (Wildman–Crippen LogP) is 6.51. The fourth-order valence-corrected chi connectivity index (χ4v) is 5.71. The summed E-state index contributed by atoms with van der Waals surface area (Å²) in [6, 6.07) is 15.8. The number of methoxy groups -OCH3 is 1. The van der Waals surface area contributed by atoms with Crippen LogP contribution in [0.3, 0.4) is 0 Å². The summed E-state index contributed by atoms with van der Waals surface area (Å²) in [6.07, 6.45) is 0. The van der Waals surface area contributed by atoms with Crippen LogP contribution < -0.4 is 14.4 Å². The highest BCUT2D eigenvalue weighted by Crippen LogP contribution is 2.32. The Morgan fingerprint density at radius 3 is 2.22 bits per heavy atom. The molecular weight excluding hydrogens is 519 g/mol. The predicted molar refractivity (Wildman–Crippen MR) is 146 cm³/mol. The maximum absolute atomic E-state index is 13.5. The van der Waals surface area contributed by atoms with Crippen molar-refractivity contribution < 1.29 is 17.9 Å². The van der Waals surface area contributed by atoms with Gasteiger partial charge in [0.05, 0.1) is 23.7 Å². The molecule has 3 aromatic rings. The van der Waals surface area contributed by atoms with Gasteiger partial charge in [-0.25, -0.2) is 8.42 Å². The molecule has 36 heavy (non-hydrogen) atoms. The maximum Gasteiger partial charge on any atom is 0.264 e. The third-order valence-electron chi connectivity index (χ3n) is 5.87. The number of aryl methyl sites for hydroxylation is 1. The lowest BCUT2D eigenvalue weighted by Crippen LogP contribution is -2.41. The molecule has 0 aliphatic carbocycles. The molecule has 0 fully saturated rings. The molecule has 192 valence electrons. The van der Waals surface area contributed by atoms with Gasteiger partial charge in [-0.15, -0.1) is 0 Å². The molecule has 0 saturated heterocycles. The minimum absolute atomic E-state index is 0.0142. The monoisotopic (exact) mass is 548 g/mol. The Bertz CT molecular complexity index is 1340. The van der Waals surface area contributed by atoms with E-state index in [-0.39, 0.29) is 22.5 Å². The van der Waals surface area contributed by atoms with Gasteiger partial charge in [-0.3, -0.25) is 9.10 Å². The molecule has 0 radical (unpaired) electrons. The van der Waals surface area contributed by atoms with Gasteiger partial charge in [0.1, 0.15) is 12.3 Å². The summed E-state index contributed by atoms with van der Waals surface area (Å²) in [5, 5.41) is 3.71. The van der Waals surface area contributed by atoms with E-state index >= 15 is 0 Å². The minimum atomic E-state index is -4.08. The Morgan fingerprint density at radius 1 is 0.972 bits per heavy atom. The van der Waals surface area contributed by atoms with Crippen molar-refractivity contribution in [1.29, 1.82) is 0 Å². The standard InChI is InChI=1S/C27H30Cl2N2O4S/c1-17(2)24-15-25(18(3)13-26(24)35-5)19(4)30-27(32)16-31(22-8-6-7-21(29)14-22)36(33,34)23-11-9-20(28)10-12-23/h6-15,17,19H,16H2,1-5H3,(H,30,32). The molecule has 0 heterocycles. The van der Waals surface area contributed by atoms with E-state index in [2.05, 4.69) is 19.2 Å². The third-order valence-corrected chi connectivity index (χ3v) is 8.14. The van der Waals surface area contributed by atoms with E-state index < -0.39 is 22.5 Å². The second-order valence-electron chi connectivity index (χ2n) is 8.84. The molecule has 1 N–H and O–H groups in total. The zero-order valence-corrected chi connectivity index (χ0v) is 23.2. The largest absolute Gasteiger partial charge is 0.496 e. The van der Waals surface area contributed by atoms with Gasteiger partial charge >= 0.3 is 0 Å². The normalized spacial score (nSPS) is 12.3.